The monoisotopic (exact) mass is 289 g/mol. The van der Waals surface area contributed by atoms with Crippen molar-refractivity contribution in [1.29, 1.82) is 0 Å². The molecule has 104 valence electrons. The van der Waals surface area contributed by atoms with E-state index in [9.17, 15) is 9.50 Å². The molecule has 2 nitrogen and oxygen atoms in total. The van der Waals surface area contributed by atoms with Crippen LogP contribution in [0.3, 0.4) is 0 Å². The van der Waals surface area contributed by atoms with Gasteiger partial charge in [0.2, 0.25) is 0 Å². The molecule has 0 aliphatic carbocycles. The molecule has 4 heteroatoms. The van der Waals surface area contributed by atoms with Gasteiger partial charge >= 0.3 is 0 Å². The maximum atomic E-state index is 13.1. The van der Waals surface area contributed by atoms with E-state index < -0.39 is 0 Å². The summed E-state index contributed by atoms with van der Waals surface area (Å²) in [5.41, 5.74) is 0.999. The molecule has 2 aromatic rings. The first-order valence-corrected chi connectivity index (χ1v) is 7.51. The Kier molecular flexibility index (Phi) is 3.94. The second kappa shape index (κ2) is 5.85. The lowest BCUT2D eigenvalue weighted by atomic mass is 9.98. The number of benzene rings is 2. The van der Waals surface area contributed by atoms with Crippen LogP contribution in [0.5, 0.6) is 5.75 Å². The Labute approximate surface area is 122 Å². The van der Waals surface area contributed by atoms with Crippen LogP contribution in [0.15, 0.2) is 52.3 Å². The SMILES string of the molecule is Oc1cc(Sc2cccc(F)c2)ccc1[C@@H]1CCNC1. The lowest BCUT2D eigenvalue weighted by Gasteiger charge is -2.12. The zero-order valence-corrected chi connectivity index (χ0v) is 11.8. The van der Waals surface area contributed by atoms with Crippen molar-refractivity contribution in [3.8, 4) is 5.75 Å². The number of hydrogen-bond donors (Lipinski definition) is 2. The standard InChI is InChI=1S/C16H16FNOS/c17-12-2-1-3-13(8-12)20-14-4-5-15(16(19)9-14)11-6-7-18-10-11/h1-5,8-9,11,18-19H,6-7,10H2/t11-/m1/s1. The molecule has 0 aromatic heterocycles. The molecule has 3 rings (SSSR count). The molecule has 1 aliphatic rings. The summed E-state index contributed by atoms with van der Waals surface area (Å²) in [7, 11) is 0. The van der Waals surface area contributed by atoms with Crippen molar-refractivity contribution in [1.82, 2.24) is 5.32 Å². The fourth-order valence-corrected chi connectivity index (χ4v) is 3.42. The number of phenols is 1. The van der Waals surface area contributed by atoms with Crippen LogP contribution in [-0.2, 0) is 0 Å². The topological polar surface area (TPSA) is 32.3 Å². The van der Waals surface area contributed by atoms with Gasteiger partial charge in [0.25, 0.3) is 0 Å². The van der Waals surface area contributed by atoms with Gasteiger partial charge in [-0.1, -0.05) is 23.9 Å². The van der Waals surface area contributed by atoms with Crippen LogP contribution in [0.2, 0.25) is 0 Å². The summed E-state index contributed by atoms with van der Waals surface area (Å²) < 4.78 is 13.1. The molecule has 1 aliphatic heterocycles. The Morgan fingerprint density at radius 2 is 2.00 bits per heavy atom. The molecule has 0 unspecified atom stereocenters. The maximum Gasteiger partial charge on any atom is 0.124 e. The Balaban J connectivity index is 1.79. The largest absolute Gasteiger partial charge is 0.508 e. The first-order valence-electron chi connectivity index (χ1n) is 6.69. The van der Waals surface area contributed by atoms with Gasteiger partial charge in [-0.2, -0.15) is 0 Å². The fourth-order valence-electron chi connectivity index (χ4n) is 2.52. The van der Waals surface area contributed by atoms with Gasteiger partial charge in [0.1, 0.15) is 11.6 Å². The summed E-state index contributed by atoms with van der Waals surface area (Å²) >= 11 is 1.45. The smallest absolute Gasteiger partial charge is 0.124 e. The molecule has 0 spiro atoms. The van der Waals surface area contributed by atoms with E-state index in [0.717, 1.165) is 34.9 Å². The summed E-state index contributed by atoms with van der Waals surface area (Å²) in [5.74, 6) is 0.483. The molecule has 0 radical (unpaired) electrons. The highest BCUT2D eigenvalue weighted by atomic mass is 32.2. The van der Waals surface area contributed by atoms with Crippen LogP contribution in [-0.4, -0.2) is 18.2 Å². The van der Waals surface area contributed by atoms with Gasteiger partial charge in [-0.15, -0.1) is 0 Å². The highest BCUT2D eigenvalue weighted by molar-refractivity contribution is 7.99. The quantitative estimate of drug-likeness (QED) is 0.902. The molecule has 0 saturated carbocycles. The third-order valence-electron chi connectivity index (χ3n) is 3.53. The number of halogens is 1. The van der Waals surface area contributed by atoms with Crippen LogP contribution >= 0.6 is 11.8 Å². The van der Waals surface area contributed by atoms with Crippen molar-refractivity contribution in [2.75, 3.05) is 13.1 Å². The number of aromatic hydroxyl groups is 1. The van der Waals surface area contributed by atoms with Crippen molar-refractivity contribution < 1.29 is 9.50 Å². The van der Waals surface area contributed by atoms with Crippen molar-refractivity contribution in [3.63, 3.8) is 0 Å². The Bertz CT molecular complexity index is 611. The average molecular weight is 289 g/mol. The minimum atomic E-state index is -0.243. The van der Waals surface area contributed by atoms with Crippen LogP contribution in [0, 0.1) is 5.82 Å². The third-order valence-corrected chi connectivity index (χ3v) is 4.51. The molecule has 20 heavy (non-hydrogen) atoms. The molecule has 2 N–H and O–H groups in total. The van der Waals surface area contributed by atoms with Gasteiger partial charge in [-0.05, 0) is 48.9 Å². The van der Waals surface area contributed by atoms with E-state index in [1.54, 1.807) is 12.1 Å². The van der Waals surface area contributed by atoms with E-state index in [1.165, 1.54) is 23.9 Å². The predicted molar refractivity (Wildman–Crippen MR) is 78.9 cm³/mol. The molecule has 1 fully saturated rings. The van der Waals surface area contributed by atoms with E-state index in [0.29, 0.717) is 11.7 Å². The number of phenolic OH excluding ortho intramolecular Hbond substituents is 1. The minimum absolute atomic E-state index is 0.243. The molecular formula is C16H16FNOS. The Morgan fingerprint density at radius 3 is 2.70 bits per heavy atom. The molecule has 1 saturated heterocycles. The van der Waals surface area contributed by atoms with E-state index in [4.69, 9.17) is 0 Å². The third kappa shape index (κ3) is 2.97. The van der Waals surface area contributed by atoms with Gasteiger partial charge in [0.15, 0.2) is 0 Å². The van der Waals surface area contributed by atoms with E-state index in [-0.39, 0.29) is 5.82 Å². The van der Waals surface area contributed by atoms with Crippen LogP contribution in [0.1, 0.15) is 17.9 Å². The second-order valence-electron chi connectivity index (χ2n) is 4.97. The number of nitrogens with one attached hydrogen (secondary N) is 1. The van der Waals surface area contributed by atoms with Crippen molar-refractivity contribution in [3.05, 3.63) is 53.8 Å². The fraction of sp³-hybridized carbons (Fsp3) is 0.250. The zero-order chi connectivity index (χ0) is 13.9. The molecule has 0 amide bonds. The van der Waals surface area contributed by atoms with Crippen molar-refractivity contribution >= 4 is 11.8 Å². The molecular weight excluding hydrogens is 273 g/mol. The van der Waals surface area contributed by atoms with Gasteiger partial charge in [-0.3, -0.25) is 0 Å². The van der Waals surface area contributed by atoms with Crippen molar-refractivity contribution in [2.45, 2.75) is 22.1 Å². The average Bonchev–Trinajstić information content (AvgIpc) is 2.92. The molecule has 2 aromatic carbocycles. The predicted octanol–water partition coefficient (Wildman–Crippen LogP) is 3.76. The van der Waals surface area contributed by atoms with Crippen LogP contribution < -0.4 is 5.32 Å². The van der Waals surface area contributed by atoms with Crippen LogP contribution in [0.4, 0.5) is 4.39 Å². The maximum absolute atomic E-state index is 13.1. The van der Waals surface area contributed by atoms with Gasteiger partial charge in [-0.25, -0.2) is 4.39 Å². The van der Waals surface area contributed by atoms with Crippen LogP contribution in [0.25, 0.3) is 0 Å². The lowest BCUT2D eigenvalue weighted by Crippen LogP contribution is -2.08. The van der Waals surface area contributed by atoms with E-state index >= 15 is 0 Å². The van der Waals surface area contributed by atoms with E-state index in [1.807, 2.05) is 18.2 Å². The first kappa shape index (κ1) is 13.5. The highest BCUT2D eigenvalue weighted by Gasteiger charge is 2.19. The first-order chi connectivity index (χ1) is 9.72. The van der Waals surface area contributed by atoms with Gasteiger partial charge in [0, 0.05) is 22.3 Å². The number of hydrogen-bond acceptors (Lipinski definition) is 3. The summed E-state index contributed by atoms with van der Waals surface area (Å²) in [4.78, 5) is 1.75. The summed E-state index contributed by atoms with van der Waals surface area (Å²) in [6.45, 7) is 1.92. The highest BCUT2D eigenvalue weighted by Crippen LogP contribution is 2.35. The second-order valence-corrected chi connectivity index (χ2v) is 6.12. The Morgan fingerprint density at radius 1 is 1.15 bits per heavy atom. The zero-order valence-electron chi connectivity index (χ0n) is 11.0. The lowest BCUT2D eigenvalue weighted by molar-refractivity contribution is 0.461. The molecule has 1 atom stereocenters. The van der Waals surface area contributed by atoms with Crippen molar-refractivity contribution in [2.24, 2.45) is 0 Å². The number of rotatable bonds is 3. The molecule has 0 bridgehead atoms. The minimum Gasteiger partial charge on any atom is -0.508 e. The van der Waals surface area contributed by atoms with E-state index in [2.05, 4.69) is 5.32 Å². The normalized spacial score (nSPS) is 18.4. The summed E-state index contributed by atoms with van der Waals surface area (Å²) in [5, 5.41) is 13.5. The van der Waals surface area contributed by atoms with Gasteiger partial charge < -0.3 is 10.4 Å². The Hall–Kier alpha value is -1.52. The molecule has 1 heterocycles. The summed E-state index contributed by atoms with van der Waals surface area (Å²) in [6, 6.07) is 12.2. The van der Waals surface area contributed by atoms with Gasteiger partial charge in [0.05, 0.1) is 0 Å². The summed E-state index contributed by atoms with van der Waals surface area (Å²) in [6.07, 6.45) is 1.06.